The van der Waals surface area contributed by atoms with Gasteiger partial charge in [-0.05, 0) is 37.5 Å². The van der Waals surface area contributed by atoms with E-state index in [0.29, 0.717) is 16.1 Å². The molecule has 0 radical (unpaired) electrons. The number of nitrogens with two attached hydrogens (primary N) is 1. The van der Waals surface area contributed by atoms with E-state index in [2.05, 4.69) is 15.6 Å². The Labute approximate surface area is 157 Å². The molecule has 1 amide bonds. The number of benzene rings is 1. The van der Waals surface area contributed by atoms with Crippen LogP contribution in [0.15, 0.2) is 23.2 Å². The van der Waals surface area contributed by atoms with Gasteiger partial charge in [0.25, 0.3) is 0 Å². The smallest absolute Gasteiger partial charge is 0.242 e. The Morgan fingerprint density at radius 2 is 2.14 bits per heavy atom. The molecule has 1 atom stereocenters. The molecular formula is C14H19Cl2IN4O. The van der Waals surface area contributed by atoms with Gasteiger partial charge >= 0.3 is 0 Å². The van der Waals surface area contributed by atoms with Crippen molar-refractivity contribution in [3.05, 3.63) is 33.8 Å². The van der Waals surface area contributed by atoms with Crippen LogP contribution >= 0.6 is 47.2 Å². The summed E-state index contributed by atoms with van der Waals surface area (Å²) in [5.74, 6) is 0.0962. The number of hydrogen-bond donors (Lipinski definition) is 3. The predicted molar refractivity (Wildman–Crippen MR) is 101 cm³/mol. The van der Waals surface area contributed by atoms with Crippen molar-refractivity contribution >= 4 is 59.0 Å². The third kappa shape index (κ3) is 6.18. The number of halogens is 3. The lowest BCUT2D eigenvalue weighted by molar-refractivity contribution is -0.119. The average molecular weight is 457 g/mol. The maximum atomic E-state index is 11.5. The van der Waals surface area contributed by atoms with Crippen LogP contribution in [0.5, 0.6) is 0 Å². The van der Waals surface area contributed by atoms with Crippen molar-refractivity contribution in [3.8, 4) is 0 Å². The number of nitrogens with one attached hydrogen (secondary N) is 2. The first-order valence-electron chi connectivity index (χ1n) is 6.76. The highest BCUT2D eigenvalue weighted by Gasteiger charge is 2.22. The number of aliphatic imine (C=N–C) groups is 1. The number of hydrogen-bond acceptors (Lipinski definition) is 2. The van der Waals surface area contributed by atoms with E-state index in [9.17, 15) is 4.79 Å². The first-order chi connectivity index (χ1) is 9.95. The molecule has 0 saturated heterocycles. The number of carbonyl (C=O) groups is 1. The maximum absolute atomic E-state index is 11.5. The van der Waals surface area contributed by atoms with E-state index in [1.54, 1.807) is 12.1 Å². The van der Waals surface area contributed by atoms with E-state index in [1.165, 1.54) is 0 Å². The highest BCUT2D eigenvalue weighted by atomic mass is 127. The van der Waals surface area contributed by atoms with Gasteiger partial charge in [-0.3, -0.25) is 4.79 Å². The number of nitrogens with zero attached hydrogens (tertiary/aromatic N) is 1. The van der Waals surface area contributed by atoms with E-state index in [4.69, 9.17) is 28.9 Å². The summed E-state index contributed by atoms with van der Waals surface area (Å²) in [6.07, 6.45) is 2.10. The molecule has 1 fully saturated rings. The zero-order valence-electron chi connectivity index (χ0n) is 12.1. The van der Waals surface area contributed by atoms with Gasteiger partial charge in [0, 0.05) is 16.1 Å². The molecule has 8 heteroatoms. The van der Waals surface area contributed by atoms with Gasteiger partial charge in [-0.1, -0.05) is 29.3 Å². The van der Waals surface area contributed by atoms with Crippen LogP contribution in [0, 0.1) is 0 Å². The molecule has 1 aliphatic rings. The van der Waals surface area contributed by atoms with Crippen molar-refractivity contribution in [3.63, 3.8) is 0 Å². The average Bonchev–Trinajstić information content (AvgIpc) is 3.20. The first-order valence-corrected chi connectivity index (χ1v) is 7.52. The molecule has 2 rings (SSSR count). The molecule has 1 aromatic carbocycles. The topological polar surface area (TPSA) is 79.5 Å². The first kappa shape index (κ1) is 19.3. The van der Waals surface area contributed by atoms with Gasteiger partial charge in [0.2, 0.25) is 5.91 Å². The monoisotopic (exact) mass is 456 g/mol. The Morgan fingerprint density at radius 1 is 1.45 bits per heavy atom. The lowest BCUT2D eigenvalue weighted by Crippen LogP contribution is -2.36. The van der Waals surface area contributed by atoms with Crippen LogP contribution in [0.4, 0.5) is 0 Å². The van der Waals surface area contributed by atoms with Crippen LogP contribution < -0.4 is 16.4 Å². The second-order valence-electron chi connectivity index (χ2n) is 5.08. The molecule has 4 N–H and O–H groups in total. The largest absolute Gasteiger partial charge is 0.370 e. The molecule has 5 nitrogen and oxygen atoms in total. The summed E-state index contributed by atoms with van der Waals surface area (Å²) in [5.41, 5.74) is 6.64. The van der Waals surface area contributed by atoms with Gasteiger partial charge in [-0.2, -0.15) is 0 Å². The molecule has 0 aromatic heterocycles. The van der Waals surface area contributed by atoms with Gasteiger partial charge in [0.15, 0.2) is 5.96 Å². The fourth-order valence-corrected chi connectivity index (χ4v) is 2.43. The normalized spacial score (nSPS) is 15.7. The van der Waals surface area contributed by atoms with E-state index < -0.39 is 0 Å². The number of amides is 1. The van der Waals surface area contributed by atoms with Crippen molar-refractivity contribution in [1.29, 1.82) is 0 Å². The summed E-state index contributed by atoms with van der Waals surface area (Å²) < 4.78 is 0. The lowest BCUT2D eigenvalue weighted by Gasteiger charge is -2.16. The van der Waals surface area contributed by atoms with Gasteiger partial charge < -0.3 is 16.4 Å². The van der Waals surface area contributed by atoms with Gasteiger partial charge in [-0.15, -0.1) is 24.0 Å². The second kappa shape index (κ2) is 8.79. The zero-order valence-corrected chi connectivity index (χ0v) is 15.9. The third-order valence-electron chi connectivity index (χ3n) is 3.13. The Balaban J connectivity index is 0.00000242. The fourth-order valence-electron chi connectivity index (χ4n) is 1.86. The molecule has 0 spiro atoms. The quantitative estimate of drug-likeness (QED) is 0.362. The minimum atomic E-state index is -0.134. The summed E-state index contributed by atoms with van der Waals surface area (Å²) in [4.78, 5) is 15.5. The Bertz CT molecular complexity index is 564. The second-order valence-corrected chi connectivity index (χ2v) is 5.92. The lowest BCUT2D eigenvalue weighted by atomic mass is 10.1. The Kier molecular flexibility index (Phi) is 7.71. The summed E-state index contributed by atoms with van der Waals surface area (Å²) in [7, 11) is 0. The molecule has 0 aliphatic heterocycles. The number of carbonyl (C=O) groups excluding carboxylic acids is 1. The summed E-state index contributed by atoms with van der Waals surface area (Å²) in [5, 5.41) is 6.98. The van der Waals surface area contributed by atoms with Crippen molar-refractivity contribution in [2.45, 2.75) is 31.8 Å². The molecule has 1 aliphatic carbocycles. The summed E-state index contributed by atoms with van der Waals surface area (Å²) in [6, 6.07) is 5.46. The van der Waals surface area contributed by atoms with Crippen molar-refractivity contribution in [1.82, 2.24) is 10.6 Å². The minimum Gasteiger partial charge on any atom is -0.370 e. The molecule has 122 valence electrons. The predicted octanol–water partition coefficient (Wildman–Crippen LogP) is 2.86. The van der Waals surface area contributed by atoms with Crippen LogP contribution in [0.1, 0.15) is 31.4 Å². The Hall–Kier alpha value is -0.730. The van der Waals surface area contributed by atoms with E-state index in [1.807, 2.05) is 13.0 Å². The SMILES string of the molecule is CC(NC(N)=NCC(=O)NC1CC1)c1ccc(Cl)cc1Cl.I. The molecule has 1 aromatic rings. The highest BCUT2D eigenvalue weighted by molar-refractivity contribution is 14.0. The molecule has 22 heavy (non-hydrogen) atoms. The zero-order chi connectivity index (χ0) is 15.4. The molecule has 1 unspecified atom stereocenters. The molecular weight excluding hydrogens is 438 g/mol. The van der Waals surface area contributed by atoms with E-state index >= 15 is 0 Å². The number of rotatable bonds is 5. The van der Waals surface area contributed by atoms with E-state index in [-0.39, 0.29) is 48.4 Å². The highest BCUT2D eigenvalue weighted by Crippen LogP contribution is 2.25. The molecule has 0 heterocycles. The van der Waals surface area contributed by atoms with Crippen molar-refractivity contribution in [2.24, 2.45) is 10.7 Å². The maximum Gasteiger partial charge on any atom is 0.242 e. The summed E-state index contributed by atoms with van der Waals surface area (Å²) >= 11 is 12.0. The molecule has 1 saturated carbocycles. The fraction of sp³-hybridized carbons (Fsp3) is 0.429. The summed E-state index contributed by atoms with van der Waals surface area (Å²) in [6.45, 7) is 1.93. The van der Waals surface area contributed by atoms with Crippen LogP contribution in [-0.4, -0.2) is 24.5 Å². The van der Waals surface area contributed by atoms with Crippen LogP contribution in [-0.2, 0) is 4.79 Å². The van der Waals surface area contributed by atoms with Crippen molar-refractivity contribution in [2.75, 3.05) is 6.54 Å². The number of guanidine groups is 1. The van der Waals surface area contributed by atoms with Gasteiger partial charge in [0.05, 0.1) is 6.04 Å². The van der Waals surface area contributed by atoms with Crippen LogP contribution in [0.2, 0.25) is 10.0 Å². The van der Waals surface area contributed by atoms with Crippen LogP contribution in [0.25, 0.3) is 0 Å². The standard InChI is InChI=1S/C14H18Cl2N4O.HI/c1-8(11-5-2-9(15)6-12(11)16)19-14(17)18-7-13(21)20-10-3-4-10;/h2,5-6,8,10H,3-4,7H2,1H3,(H,20,21)(H3,17,18,19);1H. The van der Waals surface area contributed by atoms with Gasteiger partial charge in [0.1, 0.15) is 6.54 Å². The van der Waals surface area contributed by atoms with Gasteiger partial charge in [-0.25, -0.2) is 4.99 Å². The van der Waals surface area contributed by atoms with E-state index in [0.717, 1.165) is 18.4 Å². The van der Waals surface area contributed by atoms with Crippen molar-refractivity contribution < 1.29 is 4.79 Å². The minimum absolute atomic E-state index is 0. The van der Waals surface area contributed by atoms with Crippen LogP contribution in [0.3, 0.4) is 0 Å². The third-order valence-corrected chi connectivity index (χ3v) is 3.69. The molecule has 0 bridgehead atoms. The Morgan fingerprint density at radius 3 is 2.73 bits per heavy atom.